The van der Waals surface area contributed by atoms with Gasteiger partial charge in [0.15, 0.2) is 5.82 Å². The molecular weight excluding hydrogens is 246 g/mol. The van der Waals surface area contributed by atoms with Crippen LogP contribution in [0.2, 0.25) is 0 Å². The minimum Gasteiger partial charge on any atom is -0.377 e. The first-order valence-electron chi connectivity index (χ1n) is 6.72. The van der Waals surface area contributed by atoms with E-state index in [9.17, 15) is 4.79 Å². The first kappa shape index (κ1) is 14.0. The molecule has 0 aliphatic carbocycles. The highest BCUT2D eigenvalue weighted by molar-refractivity contribution is 5.78. The predicted molar refractivity (Wildman–Crippen MR) is 68.4 cm³/mol. The van der Waals surface area contributed by atoms with Gasteiger partial charge < -0.3 is 14.2 Å². The summed E-state index contributed by atoms with van der Waals surface area (Å²) in [5.74, 6) is 1.80. The zero-order valence-electron chi connectivity index (χ0n) is 11.8. The Morgan fingerprint density at radius 3 is 2.74 bits per heavy atom. The van der Waals surface area contributed by atoms with Crippen molar-refractivity contribution < 1.29 is 14.1 Å². The molecule has 1 saturated heterocycles. The summed E-state index contributed by atoms with van der Waals surface area (Å²) in [5, 5.41) is 3.87. The summed E-state index contributed by atoms with van der Waals surface area (Å²) in [6, 6.07) is 0. The molecule has 19 heavy (non-hydrogen) atoms. The van der Waals surface area contributed by atoms with E-state index in [0.717, 1.165) is 25.9 Å². The maximum Gasteiger partial charge on any atom is 0.229 e. The maximum absolute atomic E-state index is 11.9. The van der Waals surface area contributed by atoms with Crippen LogP contribution in [0, 0.1) is 5.92 Å². The van der Waals surface area contributed by atoms with Crippen LogP contribution in [-0.2, 0) is 16.1 Å². The Morgan fingerprint density at radius 2 is 2.16 bits per heavy atom. The average molecular weight is 267 g/mol. The lowest BCUT2D eigenvalue weighted by molar-refractivity contribution is -0.135. The number of carbonyl (C=O) groups excluding carboxylic acids is 1. The van der Waals surface area contributed by atoms with Gasteiger partial charge in [0.05, 0.1) is 0 Å². The molecule has 1 aromatic heterocycles. The molecule has 6 nitrogen and oxygen atoms in total. The normalized spacial score (nSPS) is 17.2. The molecule has 106 valence electrons. The van der Waals surface area contributed by atoms with Gasteiger partial charge in [-0.3, -0.25) is 4.79 Å². The average Bonchev–Trinajstić information content (AvgIpc) is 2.87. The molecule has 0 radical (unpaired) electrons. The summed E-state index contributed by atoms with van der Waals surface area (Å²) in [6.45, 7) is 5.77. The van der Waals surface area contributed by atoms with E-state index in [2.05, 4.69) is 10.1 Å². The number of piperidine rings is 1. The molecule has 0 aromatic carbocycles. The number of carbonyl (C=O) groups is 1. The van der Waals surface area contributed by atoms with Crippen LogP contribution in [0.25, 0.3) is 0 Å². The second kappa shape index (κ2) is 6.14. The zero-order valence-corrected chi connectivity index (χ0v) is 11.8. The molecule has 2 heterocycles. The Balaban J connectivity index is 1.90. The minimum absolute atomic E-state index is 0.0632. The van der Waals surface area contributed by atoms with Gasteiger partial charge in [-0.15, -0.1) is 0 Å². The topological polar surface area (TPSA) is 68.5 Å². The third-order valence-electron chi connectivity index (χ3n) is 3.41. The molecule has 0 unspecified atom stereocenters. The number of hydrogen-bond acceptors (Lipinski definition) is 5. The van der Waals surface area contributed by atoms with E-state index in [1.807, 2.05) is 18.7 Å². The fourth-order valence-electron chi connectivity index (χ4n) is 2.33. The number of nitrogens with zero attached hydrogens (tertiary/aromatic N) is 3. The Bertz CT molecular complexity index is 423. The van der Waals surface area contributed by atoms with Crippen LogP contribution in [0.1, 0.15) is 44.3 Å². The van der Waals surface area contributed by atoms with E-state index in [4.69, 9.17) is 9.26 Å². The lowest BCUT2D eigenvalue weighted by atomic mass is 9.96. The van der Waals surface area contributed by atoms with Crippen LogP contribution >= 0.6 is 0 Å². The number of methoxy groups -OCH3 is 1. The van der Waals surface area contributed by atoms with Gasteiger partial charge in [0.25, 0.3) is 0 Å². The number of likely N-dealkylation sites (tertiary alicyclic amines) is 1. The Kier molecular flexibility index (Phi) is 4.52. The summed E-state index contributed by atoms with van der Waals surface area (Å²) in [7, 11) is 1.60. The number of hydrogen-bond donors (Lipinski definition) is 0. The molecule has 0 spiro atoms. The summed E-state index contributed by atoms with van der Waals surface area (Å²) >= 11 is 0. The van der Waals surface area contributed by atoms with Crippen molar-refractivity contribution in [3.8, 4) is 0 Å². The molecule has 1 fully saturated rings. The lowest BCUT2D eigenvalue weighted by Crippen LogP contribution is -2.40. The van der Waals surface area contributed by atoms with E-state index in [1.165, 1.54) is 0 Å². The van der Waals surface area contributed by atoms with Crippen molar-refractivity contribution in [3.05, 3.63) is 11.7 Å². The van der Waals surface area contributed by atoms with E-state index >= 15 is 0 Å². The molecule has 6 heteroatoms. The second-order valence-corrected chi connectivity index (χ2v) is 5.24. The van der Waals surface area contributed by atoms with Crippen LogP contribution in [0.15, 0.2) is 4.52 Å². The number of ether oxygens (including phenoxy) is 1. The first-order valence-corrected chi connectivity index (χ1v) is 6.72. The van der Waals surface area contributed by atoms with Gasteiger partial charge >= 0.3 is 0 Å². The molecule has 1 amide bonds. The smallest absolute Gasteiger partial charge is 0.229 e. The van der Waals surface area contributed by atoms with Crippen LogP contribution in [0.5, 0.6) is 0 Å². The van der Waals surface area contributed by atoms with Crippen molar-refractivity contribution in [1.29, 1.82) is 0 Å². The predicted octanol–water partition coefficient (Wildman–Crippen LogP) is 1.58. The minimum atomic E-state index is 0.0632. The molecule has 1 aliphatic rings. The van der Waals surface area contributed by atoms with Crippen LogP contribution < -0.4 is 0 Å². The quantitative estimate of drug-likeness (QED) is 0.828. The maximum atomic E-state index is 11.9. The summed E-state index contributed by atoms with van der Waals surface area (Å²) in [4.78, 5) is 18.1. The number of aromatic nitrogens is 2. The summed E-state index contributed by atoms with van der Waals surface area (Å²) < 4.78 is 10.2. The molecule has 0 bridgehead atoms. The SMILES string of the molecule is COCc1noc(C2CCN(C(=O)C(C)C)CC2)n1. The van der Waals surface area contributed by atoms with E-state index in [-0.39, 0.29) is 17.7 Å². The highest BCUT2D eigenvalue weighted by atomic mass is 16.5. The van der Waals surface area contributed by atoms with Crippen molar-refractivity contribution >= 4 is 5.91 Å². The van der Waals surface area contributed by atoms with E-state index in [0.29, 0.717) is 18.3 Å². The van der Waals surface area contributed by atoms with Crippen LogP contribution in [-0.4, -0.2) is 41.1 Å². The Morgan fingerprint density at radius 1 is 1.47 bits per heavy atom. The first-order chi connectivity index (χ1) is 9.11. The van der Waals surface area contributed by atoms with Crippen molar-refractivity contribution in [2.45, 2.75) is 39.2 Å². The molecule has 0 atom stereocenters. The van der Waals surface area contributed by atoms with E-state index in [1.54, 1.807) is 7.11 Å². The Labute approximate surface area is 113 Å². The van der Waals surface area contributed by atoms with Crippen molar-refractivity contribution in [2.75, 3.05) is 20.2 Å². The molecule has 0 N–H and O–H groups in total. The molecular formula is C13H21N3O3. The van der Waals surface area contributed by atoms with Crippen LogP contribution in [0.4, 0.5) is 0 Å². The molecule has 0 saturated carbocycles. The van der Waals surface area contributed by atoms with Gasteiger partial charge in [-0.1, -0.05) is 19.0 Å². The van der Waals surface area contributed by atoms with Crippen molar-refractivity contribution in [3.63, 3.8) is 0 Å². The van der Waals surface area contributed by atoms with E-state index < -0.39 is 0 Å². The zero-order chi connectivity index (χ0) is 13.8. The van der Waals surface area contributed by atoms with Gasteiger partial charge in [0, 0.05) is 32.0 Å². The number of rotatable bonds is 4. The second-order valence-electron chi connectivity index (χ2n) is 5.24. The van der Waals surface area contributed by atoms with Gasteiger partial charge in [-0.25, -0.2) is 0 Å². The van der Waals surface area contributed by atoms with Crippen molar-refractivity contribution in [2.24, 2.45) is 5.92 Å². The summed E-state index contributed by atoms with van der Waals surface area (Å²) in [5.41, 5.74) is 0. The summed E-state index contributed by atoms with van der Waals surface area (Å²) in [6.07, 6.45) is 1.76. The Hall–Kier alpha value is -1.43. The standard InChI is InChI=1S/C13H21N3O3/c1-9(2)13(17)16-6-4-10(5-7-16)12-14-11(8-18-3)15-19-12/h9-10H,4-8H2,1-3H3. The van der Waals surface area contributed by atoms with Gasteiger partial charge in [0.2, 0.25) is 11.8 Å². The molecule has 1 aromatic rings. The van der Waals surface area contributed by atoms with Gasteiger partial charge in [0.1, 0.15) is 6.61 Å². The lowest BCUT2D eigenvalue weighted by Gasteiger charge is -2.31. The fourth-order valence-corrected chi connectivity index (χ4v) is 2.33. The van der Waals surface area contributed by atoms with Gasteiger partial charge in [-0.05, 0) is 12.8 Å². The largest absolute Gasteiger partial charge is 0.377 e. The highest BCUT2D eigenvalue weighted by Crippen LogP contribution is 2.27. The van der Waals surface area contributed by atoms with Gasteiger partial charge in [-0.2, -0.15) is 4.98 Å². The number of amides is 1. The third-order valence-corrected chi connectivity index (χ3v) is 3.41. The molecule has 1 aliphatic heterocycles. The third kappa shape index (κ3) is 3.32. The fraction of sp³-hybridized carbons (Fsp3) is 0.769. The monoisotopic (exact) mass is 267 g/mol. The highest BCUT2D eigenvalue weighted by Gasteiger charge is 2.28. The van der Waals surface area contributed by atoms with Crippen LogP contribution in [0.3, 0.4) is 0 Å². The van der Waals surface area contributed by atoms with Crippen molar-refractivity contribution in [1.82, 2.24) is 15.0 Å². The molecule has 2 rings (SSSR count).